The maximum atomic E-state index is 13.6. The monoisotopic (exact) mass is 331 g/mol. The summed E-state index contributed by atoms with van der Waals surface area (Å²) in [7, 11) is 2.99. The standard InChI is InChI=1S/C17H18FN3O3/c1-19-16(22)14-9-12(5-8-15(14)18)21-17(23)20-10-11-3-6-13(24-2)7-4-11/h3-9H,10H2,1-2H3,(H,19,22)(H2,20,21,23). The first-order chi connectivity index (χ1) is 11.5. The van der Waals surface area contributed by atoms with Gasteiger partial charge in [0.25, 0.3) is 5.91 Å². The van der Waals surface area contributed by atoms with Gasteiger partial charge in [-0.25, -0.2) is 9.18 Å². The van der Waals surface area contributed by atoms with E-state index in [1.165, 1.54) is 19.2 Å². The number of urea groups is 1. The van der Waals surface area contributed by atoms with Gasteiger partial charge in [-0.1, -0.05) is 12.1 Å². The number of hydrogen-bond donors (Lipinski definition) is 3. The highest BCUT2D eigenvalue weighted by Gasteiger charge is 2.12. The molecule has 0 saturated carbocycles. The largest absolute Gasteiger partial charge is 0.497 e. The number of halogens is 1. The summed E-state index contributed by atoms with van der Waals surface area (Å²) in [5.74, 6) is -0.482. The number of ether oxygens (including phenoxy) is 1. The molecule has 2 aromatic carbocycles. The van der Waals surface area contributed by atoms with Gasteiger partial charge in [0, 0.05) is 19.3 Å². The minimum absolute atomic E-state index is 0.134. The Balaban J connectivity index is 1.95. The molecule has 0 fully saturated rings. The molecule has 0 aromatic heterocycles. The lowest BCUT2D eigenvalue weighted by Gasteiger charge is -2.10. The second-order valence-corrected chi connectivity index (χ2v) is 4.93. The number of anilines is 1. The van der Waals surface area contributed by atoms with Crippen molar-refractivity contribution in [3.8, 4) is 5.75 Å². The van der Waals surface area contributed by atoms with Crippen LogP contribution in [0.15, 0.2) is 42.5 Å². The second kappa shape index (κ2) is 7.96. The van der Waals surface area contributed by atoms with Crippen LogP contribution in [0.25, 0.3) is 0 Å². The van der Waals surface area contributed by atoms with E-state index in [-0.39, 0.29) is 5.56 Å². The van der Waals surface area contributed by atoms with E-state index in [2.05, 4.69) is 16.0 Å². The van der Waals surface area contributed by atoms with Crippen LogP contribution in [0.3, 0.4) is 0 Å². The first-order valence-electron chi connectivity index (χ1n) is 7.23. The molecule has 0 aliphatic heterocycles. The van der Waals surface area contributed by atoms with Crippen molar-refractivity contribution in [2.45, 2.75) is 6.54 Å². The summed E-state index contributed by atoms with van der Waals surface area (Å²) in [6.45, 7) is 0.319. The van der Waals surface area contributed by atoms with Crippen LogP contribution in [0.5, 0.6) is 5.75 Å². The molecule has 0 atom stereocenters. The van der Waals surface area contributed by atoms with Gasteiger partial charge in [0.05, 0.1) is 12.7 Å². The number of carbonyl (C=O) groups excluding carboxylic acids is 2. The summed E-state index contributed by atoms with van der Waals surface area (Å²) >= 11 is 0. The molecule has 0 aliphatic carbocycles. The molecule has 2 rings (SSSR count). The van der Waals surface area contributed by atoms with Gasteiger partial charge in [0.2, 0.25) is 0 Å². The van der Waals surface area contributed by atoms with Crippen molar-refractivity contribution in [3.05, 3.63) is 59.4 Å². The molecule has 0 aliphatic rings. The second-order valence-electron chi connectivity index (χ2n) is 4.93. The van der Waals surface area contributed by atoms with Crippen molar-refractivity contribution in [2.24, 2.45) is 0 Å². The van der Waals surface area contributed by atoms with Crippen molar-refractivity contribution >= 4 is 17.6 Å². The van der Waals surface area contributed by atoms with Gasteiger partial charge < -0.3 is 20.7 Å². The lowest BCUT2D eigenvalue weighted by molar-refractivity contribution is 0.0959. The zero-order chi connectivity index (χ0) is 17.5. The number of carbonyl (C=O) groups is 2. The molecule has 6 nitrogen and oxygen atoms in total. The minimum atomic E-state index is -0.654. The Morgan fingerprint density at radius 3 is 2.46 bits per heavy atom. The van der Waals surface area contributed by atoms with Crippen LogP contribution in [-0.4, -0.2) is 26.1 Å². The van der Waals surface area contributed by atoms with Crippen LogP contribution in [0.2, 0.25) is 0 Å². The predicted octanol–water partition coefficient (Wildman–Crippen LogP) is 2.52. The molecule has 3 N–H and O–H groups in total. The lowest BCUT2D eigenvalue weighted by Crippen LogP contribution is -2.28. The normalized spacial score (nSPS) is 9.96. The number of nitrogens with one attached hydrogen (secondary N) is 3. The Morgan fingerprint density at radius 1 is 1.12 bits per heavy atom. The first-order valence-corrected chi connectivity index (χ1v) is 7.23. The summed E-state index contributed by atoms with van der Waals surface area (Å²) < 4.78 is 18.6. The third-order valence-electron chi connectivity index (χ3n) is 3.31. The molecular formula is C17H18FN3O3. The van der Waals surface area contributed by atoms with Gasteiger partial charge in [0.15, 0.2) is 0 Å². The predicted molar refractivity (Wildman–Crippen MR) is 88.6 cm³/mol. The summed E-state index contributed by atoms with van der Waals surface area (Å²) in [5, 5.41) is 7.58. The summed E-state index contributed by atoms with van der Waals surface area (Å²) in [5.41, 5.74) is 1.09. The van der Waals surface area contributed by atoms with Gasteiger partial charge in [-0.3, -0.25) is 4.79 Å². The number of rotatable bonds is 5. The third-order valence-corrected chi connectivity index (χ3v) is 3.31. The van der Waals surface area contributed by atoms with E-state index in [1.807, 2.05) is 12.1 Å². The van der Waals surface area contributed by atoms with Crippen molar-refractivity contribution in [1.29, 1.82) is 0 Å². The quantitative estimate of drug-likeness (QED) is 0.788. The number of hydrogen-bond acceptors (Lipinski definition) is 3. The Morgan fingerprint density at radius 2 is 1.83 bits per heavy atom. The SMILES string of the molecule is CNC(=O)c1cc(NC(=O)NCc2ccc(OC)cc2)ccc1F. The molecule has 0 spiro atoms. The highest BCUT2D eigenvalue weighted by molar-refractivity contribution is 5.97. The summed E-state index contributed by atoms with van der Waals surface area (Å²) in [6, 6.07) is 10.6. The van der Waals surface area contributed by atoms with Crippen LogP contribution >= 0.6 is 0 Å². The fourth-order valence-electron chi connectivity index (χ4n) is 2.01. The first kappa shape index (κ1) is 17.3. The Kier molecular flexibility index (Phi) is 5.73. The lowest BCUT2D eigenvalue weighted by atomic mass is 10.1. The fourth-order valence-corrected chi connectivity index (χ4v) is 2.01. The van der Waals surface area contributed by atoms with Crippen LogP contribution < -0.4 is 20.7 Å². The zero-order valence-electron chi connectivity index (χ0n) is 13.4. The molecule has 24 heavy (non-hydrogen) atoms. The van der Waals surface area contributed by atoms with E-state index in [4.69, 9.17) is 4.74 Å². The fraction of sp³-hybridized carbons (Fsp3) is 0.176. The molecule has 0 heterocycles. The smallest absolute Gasteiger partial charge is 0.319 e. The van der Waals surface area contributed by atoms with Crippen molar-refractivity contribution < 1.29 is 18.7 Å². The van der Waals surface area contributed by atoms with Gasteiger partial charge in [-0.15, -0.1) is 0 Å². The molecule has 0 unspecified atom stereocenters. The number of methoxy groups -OCH3 is 1. The highest BCUT2D eigenvalue weighted by atomic mass is 19.1. The molecule has 3 amide bonds. The summed E-state index contributed by atoms with van der Waals surface area (Å²) in [6.07, 6.45) is 0. The van der Waals surface area contributed by atoms with E-state index >= 15 is 0 Å². The van der Waals surface area contributed by atoms with Gasteiger partial charge >= 0.3 is 6.03 Å². The molecule has 0 bridgehead atoms. The average Bonchev–Trinajstić information content (AvgIpc) is 2.61. The van der Waals surface area contributed by atoms with E-state index in [0.29, 0.717) is 12.2 Å². The maximum Gasteiger partial charge on any atom is 0.319 e. The van der Waals surface area contributed by atoms with Crippen molar-refractivity contribution in [1.82, 2.24) is 10.6 Å². The molecule has 7 heteroatoms. The van der Waals surface area contributed by atoms with Gasteiger partial charge in [-0.2, -0.15) is 0 Å². The van der Waals surface area contributed by atoms with Crippen molar-refractivity contribution in [3.63, 3.8) is 0 Å². The van der Waals surface area contributed by atoms with E-state index in [9.17, 15) is 14.0 Å². The Bertz CT molecular complexity index is 732. The molecule has 2 aromatic rings. The molecular weight excluding hydrogens is 313 g/mol. The van der Waals surface area contributed by atoms with Gasteiger partial charge in [0.1, 0.15) is 11.6 Å². The maximum absolute atomic E-state index is 13.6. The van der Waals surface area contributed by atoms with E-state index in [1.54, 1.807) is 19.2 Å². The Labute approximate surface area is 139 Å². The molecule has 0 radical (unpaired) electrons. The minimum Gasteiger partial charge on any atom is -0.497 e. The highest BCUT2D eigenvalue weighted by Crippen LogP contribution is 2.15. The number of benzene rings is 2. The van der Waals surface area contributed by atoms with E-state index < -0.39 is 17.8 Å². The van der Waals surface area contributed by atoms with Crippen LogP contribution in [0, 0.1) is 5.82 Å². The van der Waals surface area contributed by atoms with Gasteiger partial charge in [-0.05, 0) is 35.9 Å². The van der Waals surface area contributed by atoms with Crippen molar-refractivity contribution in [2.75, 3.05) is 19.5 Å². The average molecular weight is 331 g/mol. The van der Waals surface area contributed by atoms with Crippen LogP contribution in [0.4, 0.5) is 14.9 Å². The topological polar surface area (TPSA) is 79.5 Å². The Hall–Kier alpha value is -3.09. The van der Waals surface area contributed by atoms with Crippen LogP contribution in [0.1, 0.15) is 15.9 Å². The molecule has 0 saturated heterocycles. The zero-order valence-corrected chi connectivity index (χ0v) is 13.4. The number of amides is 3. The third kappa shape index (κ3) is 4.45. The van der Waals surface area contributed by atoms with Crippen LogP contribution in [-0.2, 0) is 6.54 Å². The summed E-state index contributed by atoms with van der Waals surface area (Å²) in [4.78, 5) is 23.4. The van der Waals surface area contributed by atoms with E-state index in [0.717, 1.165) is 17.4 Å². The molecule has 126 valence electrons.